The van der Waals surface area contributed by atoms with Crippen molar-refractivity contribution in [3.8, 4) is 5.75 Å². The molecule has 1 saturated carbocycles. The van der Waals surface area contributed by atoms with Gasteiger partial charge in [-0.3, -0.25) is 0 Å². The SMILES string of the molecule is CCCCC[C@@H](O)CC[C@@H]1[C@H]2Cc3cccc(OCC(O)OC(C)(C)C(F)(F)F)c3C[C@H]2C[C@H]1O. The number of alkyl halides is 3. The number of aliphatic hydroxyl groups excluding tert-OH is 3. The number of hydrogen-bond acceptors (Lipinski definition) is 5. The van der Waals surface area contributed by atoms with Crippen LogP contribution in [0, 0.1) is 17.8 Å². The molecule has 3 rings (SSSR count). The van der Waals surface area contributed by atoms with E-state index in [-0.39, 0.29) is 17.9 Å². The van der Waals surface area contributed by atoms with Crippen LogP contribution in [0.3, 0.4) is 0 Å². The summed E-state index contributed by atoms with van der Waals surface area (Å²) in [4.78, 5) is 0. The van der Waals surface area contributed by atoms with E-state index in [0.29, 0.717) is 30.9 Å². The number of unbranched alkanes of at least 4 members (excludes halogenated alkanes) is 2. The molecule has 0 aliphatic heterocycles. The predicted molar refractivity (Wildman–Crippen MR) is 127 cm³/mol. The Bertz CT molecular complexity index is 812. The van der Waals surface area contributed by atoms with Gasteiger partial charge in [0.15, 0.2) is 11.9 Å². The highest BCUT2D eigenvalue weighted by Gasteiger charge is 2.50. The molecule has 0 bridgehead atoms. The maximum Gasteiger partial charge on any atom is 0.417 e. The van der Waals surface area contributed by atoms with Crippen LogP contribution in [0.4, 0.5) is 13.2 Å². The van der Waals surface area contributed by atoms with Gasteiger partial charge >= 0.3 is 6.18 Å². The maximum absolute atomic E-state index is 13.0. The first-order chi connectivity index (χ1) is 16.4. The van der Waals surface area contributed by atoms with Gasteiger partial charge in [-0.1, -0.05) is 38.3 Å². The van der Waals surface area contributed by atoms with Gasteiger partial charge in [0.05, 0.1) is 12.2 Å². The molecule has 6 atom stereocenters. The van der Waals surface area contributed by atoms with Crippen LogP contribution < -0.4 is 4.74 Å². The van der Waals surface area contributed by atoms with Crippen LogP contribution in [0.15, 0.2) is 18.2 Å². The van der Waals surface area contributed by atoms with E-state index in [1.807, 2.05) is 12.1 Å². The Labute approximate surface area is 206 Å². The summed E-state index contributed by atoms with van der Waals surface area (Å²) in [5.41, 5.74) is -0.390. The topological polar surface area (TPSA) is 79.2 Å². The lowest BCUT2D eigenvalue weighted by Crippen LogP contribution is -2.45. The first-order valence-electron chi connectivity index (χ1n) is 12.9. The molecular formula is C27H41F3O5. The van der Waals surface area contributed by atoms with Crippen LogP contribution in [0.25, 0.3) is 0 Å². The van der Waals surface area contributed by atoms with E-state index in [2.05, 4.69) is 6.92 Å². The summed E-state index contributed by atoms with van der Waals surface area (Å²) >= 11 is 0. The number of rotatable bonds is 12. The molecular weight excluding hydrogens is 461 g/mol. The molecule has 2 aliphatic rings. The minimum atomic E-state index is -4.61. The van der Waals surface area contributed by atoms with Crippen molar-refractivity contribution in [3.05, 3.63) is 29.3 Å². The number of benzene rings is 1. The first-order valence-corrected chi connectivity index (χ1v) is 12.9. The fourth-order valence-corrected chi connectivity index (χ4v) is 5.70. The van der Waals surface area contributed by atoms with Crippen LogP contribution in [-0.4, -0.2) is 52.2 Å². The Morgan fingerprint density at radius 2 is 1.83 bits per heavy atom. The third-order valence-corrected chi connectivity index (χ3v) is 7.81. The van der Waals surface area contributed by atoms with E-state index >= 15 is 0 Å². The van der Waals surface area contributed by atoms with Crippen LogP contribution in [0.5, 0.6) is 5.75 Å². The van der Waals surface area contributed by atoms with Crippen LogP contribution >= 0.6 is 0 Å². The second kappa shape index (κ2) is 11.8. The van der Waals surface area contributed by atoms with Gasteiger partial charge < -0.3 is 24.8 Å². The van der Waals surface area contributed by atoms with Crippen molar-refractivity contribution < 1.29 is 38.0 Å². The molecule has 35 heavy (non-hydrogen) atoms. The fourth-order valence-electron chi connectivity index (χ4n) is 5.70. The molecule has 1 fully saturated rings. The van der Waals surface area contributed by atoms with E-state index in [0.717, 1.165) is 63.5 Å². The molecule has 8 heteroatoms. The molecule has 2 aliphatic carbocycles. The minimum Gasteiger partial charge on any atom is -0.488 e. The van der Waals surface area contributed by atoms with Gasteiger partial charge in [0, 0.05) is 0 Å². The molecule has 1 aromatic rings. The normalized spacial score (nSPS) is 26.2. The summed E-state index contributed by atoms with van der Waals surface area (Å²) in [5, 5.41) is 31.1. The number of fused-ring (bicyclic) bond motifs is 2. The summed E-state index contributed by atoms with van der Waals surface area (Å²) < 4.78 is 49.6. The Kier molecular flexibility index (Phi) is 9.51. The largest absolute Gasteiger partial charge is 0.488 e. The van der Waals surface area contributed by atoms with Crippen molar-refractivity contribution in [2.24, 2.45) is 17.8 Å². The molecule has 0 aromatic heterocycles. The average molecular weight is 503 g/mol. The Hall–Kier alpha value is -1.35. The van der Waals surface area contributed by atoms with Crippen LogP contribution in [-0.2, 0) is 17.6 Å². The zero-order valence-corrected chi connectivity index (χ0v) is 21.1. The van der Waals surface area contributed by atoms with Gasteiger partial charge in [0.2, 0.25) is 0 Å². The number of ether oxygens (including phenoxy) is 2. The monoisotopic (exact) mass is 502 g/mol. The molecule has 200 valence electrons. The van der Waals surface area contributed by atoms with Gasteiger partial charge in [-0.05, 0) is 87.3 Å². The highest BCUT2D eigenvalue weighted by molar-refractivity contribution is 5.43. The second-order valence-corrected chi connectivity index (χ2v) is 10.8. The summed E-state index contributed by atoms with van der Waals surface area (Å²) in [6, 6.07) is 5.63. The van der Waals surface area contributed by atoms with Crippen molar-refractivity contribution in [1.82, 2.24) is 0 Å². The lowest BCUT2D eigenvalue weighted by molar-refractivity contribution is -0.306. The van der Waals surface area contributed by atoms with E-state index in [1.54, 1.807) is 6.07 Å². The van der Waals surface area contributed by atoms with Crippen molar-refractivity contribution in [1.29, 1.82) is 0 Å². The van der Waals surface area contributed by atoms with E-state index < -0.39 is 30.8 Å². The first kappa shape index (κ1) is 28.2. The molecule has 0 radical (unpaired) electrons. The van der Waals surface area contributed by atoms with Gasteiger partial charge in [-0.15, -0.1) is 0 Å². The predicted octanol–water partition coefficient (Wildman–Crippen LogP) is 5.17. The summed E-state index contributed by atoms with van der Waals surface area (Å²) in [6.45, 7) is 3.47. The fraction of sp³-hybridized carbons (Fsp3) is 0.778. The highest BCUT2D eigenvalue weighted by atomic mass is 19.4. The molecule has 5 nitrogen and oxygen atoms in total. The molecule has 1 aromatic carbocycles. The number of hydrogen-bond donors (Lipinski definition) is 3. The quantitative estimate of drug-likeness (QED) is 0.271. The van der Waals surface area contributed by atoms with Gasteiger partial charge in [0.25, 0.3) is 0 Å². The van der Waals surface area contributed by atoms with Gasteiger partial charge in [0.1, 0.15) is 12.4 Å². The molecule has 0 saturated heterocycles. The zero-order valence-electron chi connectivity index (χ0n) is 21.1. The third-order valence-electron chi connectivity index (χ3n) is 7.81. The minimum absolute atomic E-state index is 0.151. The van der Waals surface area contributed by atoms with Crippen LogP contribution in [0.2, 0.25) is 0 Å². The highest BCUT2D eigenvalue weighted by Crippen LogP contribution is 2.48. The summed E-state index contributed by atoms with van der Waals surface area (Å²) in [7, 11) is 0. The summed E-state index contributed by atoms with van der Waals surface area (Å²) in [6.07, 6.45) is 0.755. The number of aliphatic hydroxyl groups is 3. The van der Waals surface area contributed by atoms with Crippen molar-refractivity contribution in [2.75, 3.05) is 6.61 Å². The second-order valence-electron chi connectivity index (χ2n) is 10.8. The van der Waals surface area contributed by atoms with Gasteiger partial charge in [-0.2, -0.15) is 13.2 Å². The standard InChI is InChI=1S/C27H41F3O5/c1-4-5-6-9-19(31)11-12-20-21-13-17-8-7-10-24(22(17)14-18(21)15-23(20)32)34-16-25(33)35-26(2,3)27(28,29)30/h7-8,10,18-21,23,25,31-33H,4-6,9,11-16H2,1-3H3/t18-,19+,20+,21-,23+,25?/m0/s1. The van der Waals surface area contributed by atoms with Crippen LogP contribution in [0.1, 0.15) is 76.8 Å². The van der Waals surface area contributed by atoms with Crippen molar-refractivity contribution in [2.45, 2.75) is 109 Å². The molecule has 0 heterocycles. The Balaban J connectivity index is 1.59. The van der Waals surface area contributed by atoms with Gasteiger partial charge in [-0.25, -0.2) is 0 Å². The molecule has 1 unspecified atom stereocenters. The Morgan fingerprint density at radius 3 is 2.51 bits per heavy atom. The molecule has 3 N–H and O–H groups in total. The zero-order chi connectivity index (χ0) is 25.8. The van der Waals surface area contributed by atoms with E-state index in [4.69, 9.17) is 9.47 Å². The molecule has 0 amide bonds. The van der Waals surface area contributed by atoms with E-state index in [9.17, 15) is 28.5 Å². The van der Waals surface area contributed by atoms with E-state index in [1.165, 1.54) is 0 Å². The maximum atomic E-state index is 13.0. The third kappa shape index (κ3) is 7.12. The lowest BCUT2D eigenvalue weighted by atomic mass is 9.73. The average Bonchev–Trinajstić information content (AvgIpc) is 3.07. The van der Waals surface area contributed by atoms with Crippen molar-refractivity contribution >= 4 is 0 Å². The lowest BCUT2D eigenvalue weighted by Gasteiger charge is -2.33. The molecule has 0 spiro atoms. The van der Waals surface area contributed by atoms with Crippen molar-refractivity contribution in [3.63, 3.8) is 0 Å². The number of halogens is 3. The smallest absolute Gasteiger partial charge is 0.417 e. The summed E-state index contributed by atoms with van der Waals surface area (Å²) in [5.74, 6) is 1.31. The Morgan fingerprint density at radius 1 is 1.09 bits per heavy atom.